The summed E-state index contributed by atoms with van der Waals surface area (Å²) in [7, 11) is 9.12. The van der Waals surface area contributed by atoms with Gasteiger partial charge in [-0.2, -0.15) is 0 Å². The molecular formula is C25H28O8. The van der Waals surface area contributed by atoms with E-state index in [2.05, 4.69) is 0 Å². The maximum Gasteiger partial charge on any atom is 0.182 e. The molecule has 2 aromatic rings. The van der Waals surface area contributed by atoms with Crippen LogP contribution in [0.3, 0.4) is 0 Å². The number of rotatable bonds is 11. The second kappa shape index (κ2) is 12.1. The van der Waals surface area contributed by atoms with Crippen LogP contribution in [0.4, 0.5) is 0 Å². The van der Waals surface area contributed by atoms with Gasteiger partial charge in [0.1, 0.15) is 17.3 Å². The van der Waals surface area contributed by atoms with Crippen LogP contribution >= 0.6 is 0 Å². The number of hydrogen-bond donors (Lipinski definition) is 1. The normalized spacial score (nSPS) is 11.5. The van der Waals surface area contributed by atoms with Crippen LogP contribution in [0.1, 0.15) is 11.1 Å². The zero-order chi connectivity index (χ0) is 24.4. The molecule has 0 fully saturated rings. The van der Waals surface area contributed by atoms with Crippen LogP contribution in [0.15, 0.2) is 48.3 Å². The largest absolute Gasteiger partial charge is 0.508 e. The van der Waals surface area contributed by atoms with Gasteiger partial charge in [-0.15, -0.1) is 0 Å². The predicted octanol–water partition coefficient (Wildman–Crippen LogP) is 4.48. The summed E-state index contributed by atoms with van der Waals surface area (Å²) in [6, 6.07) is 6.72. The number of methoxy groups -OCH3 is 6. The molecule has 0 saturated carbocycles. The van der Waals surface area contributed by atoms with Gasteiger partial charge >= 0.3 is 0 Å². The van der Waals surface area contributed by atoms with Crippen molar-refractivity contribution < 1.29 is 38.3 Å². The van der Waals surface area contributed by atoms with Crippen molar-refractivity contribution in [2.45, 2.75) is 0 Å². The number of aliphatic hydroxyl groups is 1. The molecule has 8 heteroatoms. The van der Waals surface area contributed by atoms with E-state index < -0.39 is 5.78 Å². The van der Waals surface area contributed by atoms with E-state index in [1.807, 2.05) is 0 Å². The molecule has 0 aromatic heterocycles. The SMILES string of the molecule is COc1cc(OC)c(OC)cc1/C=C/C(=O)/C=C(O)/C=C/c1cc(OC)c(OC)cc1OC. The third kappa shape index (κ3) is 6.46. The maximum absolute atomic E-state index is 12.3. The van der Waals surface area contributed by atoms with Gasteiger partial charge in [-0.1, -0.05) is 0 Å². The summed E-state index contributed by atoms with van der Waals surface area (Å²) < 4.78 is 31.8. The number of aliphatic hydroxyl groups excluding tert-OH is 1. The number of hydrogen-bond acceptors (Lipinski definition) is 8. The van der Waals surface area contributed by atoms with E-state index in [-0.39, 0.29) is 5.76 Å². The third-order valence-electron chi connectivity index (χ3n) is 4.62. The van der Waals surface area contributed by atoms with Crippen LogP contribution in [0.25, 0.3) is 12.2 Å². The number of ether oxygens (including phenoxy) is 6. The molecule has 33 heavy (non-hydrogen) atoms. The average molecular weight is 456 g/mol. The van der Waals surface area contributed by atoms with Crippen LogP contribution in [0.5, 0.6) is 34.5 Å². The molecule has 8 nitrogen and oxygen atoms in total. The molecule has 2 aromatic carbocycles. The van der Waals surface area contributed by atoms with Gasteiger partial charge < -0.3 is 33.5 Å². The van der Waals surface area contributed by atoms with E-state index in [0.717, 1.165) is 6.08 Å². The fraction of sp³-hybridized carbons (Fsp3) is 0.240. The van der Waals surface area contributed by atoms with Crippen LogP contribution in [0.2, 0.25) is 0 Å². The van der Waals surface area contributed by atoms with Crippen molar-refractivity contribution in [1.82, 2.24) is 0 Å². The molecule has 176 valence electrons. The van der Waals surface area contributed by atoms with Crippen molar-refractivity contribution in [3.8, 4) is 34.5 Å². The molecule has 0 atom stereocenters. The molecule has 0 unspecified atom stereocenters. The first-order valence-corrected chi connectivity index (χ1v) is 9.81. The van der Waals surface area contributed by atoms with E-state index in [0.29, 0.717) is 45.6 Å². The molecule has 0 bridgehead atoms. The monoisotopic (exact) mass is 456 g/mol. The molecule has 0 radical (unpaired) electrons. The van der Waals surface area contributed by atoms with E-state index in [4.69, 9.17) is 28.4 Å². The Hall–Kier alpha value is -4.07. The highest BCUT2D eigenvalue weighted by Gasteiger charge is 2.11. The van der Waals surface area contributed by atoms with Crippen LogP contribution in [0, 0.1) is 0 Å². The lowest BCUT2D eigenvalue weighted by Crippen LogP contribution is -1.95. The Morgan fingerprint density at radius 3 is 1.36 bits per heavy atom. The Morgan fingerprint density at radius 1 is 0.606 bits per heavy atom. The Balaban J connectivity index is 2.23. The lowest BCUT2D eigenvalue weighted by Gasteiger charge is -2.12. The van der Waals surface area contributed by atoms with Crippen LogP contribution in [-0.4, -0.2) is 53.5 Å². The van der Waals surface area contributed by atoms with Crippen molar-refractivity contribution in [2.75, 3.05) is 42.7 Å². The lowest BCUT2D eigenvalue weighted by atomic mass is 10.1. The number of ketones is 1. The molecule has 0 saturated heterocycles. The van der Waals surface area contributed by atoms with Crippen molar-refractivity contribution in [3.05, 3.63) is 59.4 Å². The molecule has 0 aliphatic heterocycles. The second-order valence-electron chi connectivity index (χ2n) is 6.54. The van der Waals surface area contributed by atoms with Gasteiger partial charge in [0.2, 0.25) is 0 Å². The first-order valence-electron chi connectivity index (χ1n) is 9.81. The first kappa shape index (κ1) is 25.2. The van der Waals surface area contributed by atoms with Gasteiger partial charge in [0, 0.05) is 29.3 Å². The quantitative estimate of drug-likeness (QED) is 0.301. The van der Waals surface area contributed by atoms with Gasteiger partial charge in [0.25, 0.3) is 0 Å². The minimum Gasteiger partial charge on any atom is -0.508 e. The van der Waals surface area contributed by atoms with Gasteiger partial charge in [0.05, 0.1) is 42.7 Å². The summed E-state index contributed by atoms with van der Waals surface area (Å²) in [5, 5.41) is 10.2. The Kier molecular flexibility index (Phi) is 9.23. The van der Waals surface area contributed by atoms with Crippen molar-refractivity contribution in [3.63, 3.8) is 0 Å². The minimum absolute atomic E-state index is 0.235. The van der Waals surface area contributed by atoms with Gasteiger partial charge in [0.15, 0.2) is 28.8 Å². The topological polar surface area (TPSA) is 92.7 Å². The van der Waals surface area contributed by atoms with Crippen molar-refractivity contribution in [1.29, 1.82) is 0 Å². The molecular weight excluding hydrogens is 428 g/mol. The summed E-state index contributed by atoms with van der Waals surface area (Å²) in [4.78, 5) is 12.3. The molecule has 0 heterocycles. The summed E-state index contributed by atoms with van der Waals surface area (Å²) in [5.41, 5.74) is 1.25. The van der Waals surface area contributed by atoms with E-state index >= 15 is 0 Å². The third-order valence-corrected chi connectivity index (χ3v) is 4.62. The van der Waals surface area contributed by atoms with Crippen LogP contribution in [-0.2, 0) is 4.79 Å². The first-order chi connectivity index (χ1) is 15.9. The number of carbonyl (C=O) groups excluding carboxylic acids is 1. The van der Waals surface area contributed by atoms with Gasteiger partial charge in [-0.25, -0.2) is 0 Å². The summed E-state index contributed by atoms with van der Waals surface area (Å²) in [5.74, 6) is 2.38. The maximum atomic E-state index is 12.3. The van der Waals surface area contributed by atoms with Gasteiger partial charge in [-0.05, 0) is 36.4 Å². The smallest absolute Gasteiger partial charge is 0.182 e. The summed E-state index contributed by atoms with van der Waals surface area (Å²) in [6.45, 7) is 0. The standard InChI is InChI=1S/C25H28O8/c1-28-20-14-24(32-5)22(30-3)11-16(20)7-9-18(26)13-19(27)10-8-17-12-23(31-4)25(33-6)15-21(17)29-2/h7-15,26H,1-6H3/b9-7+,10-8+,18-13-. The molecule has 0 aliphatic rings. The Labute approximate surface area is 193 Å². The minimum atomic E-state index is -0.423. The van der Waals surface area contributed by atoms with E-state index in [1.54, 1.807) is 36.4 Å². The zero-order valence-electron chi connectivity index (χ0n) is 19.5. The molecule has 1 N–H and O–H groups in total. The highest BCUT2D eigenvalue weighted by molar-refractivity contribution is 6.02. The van der Waals surface area contributed by atoms with Crippen LogP contribution < -0.4 is 28.4 Å². The average Bonchev–Trinajstić information content (AvgIpc) is 2.84. The summed E-state index contributed by atoms with van der Waals surface area (Å²) in [6.07, 6.45) is 6.94. The molecule has 2 rings (SSSR count). The predicted molar refractivity (Wildman–Crippen MR) is 126 cm³/mol. The fourth-order valence-corrected chi connectivity index (χ4v) is 2.96. The Morgan fingerprint density at radius 2 is 0.970 bits per heavy atom. The fourth-order valence-electron chi connectivity index (χ4n) is 2.96. The van der Waals surface area contributed by atoms with E-state index in [9.17, 15) is 9.90 Å². The summed E-state index contributed by atoms with van der Waals surface area (Å²) >= 11 is 0. The zero-order valence-corrected chi connectivity index (χ0v) is 19.5. The second-order valence-corrected chi connectivity index (χ2v) is 6.54. The van der Waals surface area contributed by atoms with Gasteiger partial charge in [-0.3, -0.25) is 4.79 Å². The number of benzene rings is 2. The van der Waals surface area contributed by atoms with Crippen molar-refractivity contribution in [2.24, 2.45) is 0 Å². The highest BCUT2D eigenvalue weighted by Crippen LogP contribution is 2.36. The molecule has 0 amide bonds. The van der Waals surface area contributed by atoms with Crippen molar-refractivity contribution >= 4 is 17.9 Å². The molecule has 0 spiro atoms. The molecule has 0 aliphatic carbocycles. The number of allylic oxidation sites excluding steroid dienone is 3. The number of carbonyl (C=O) groups is 1. The highest BCUT2D eigenvalue weighted by atomic mass is 16.5. The van der Waals surface area contributed by atoms with E-state index in [1.165, 1.54) is 54.8 Å². The lowest BCUT2D eigenvalue weighted by molar-refractivity contribution is -0.110. The Bertz CT molecular complexity index is 1070.